The van der Waals surface area contributed by atoms with E-state index in [1.54, 1.807) is 6.07 Å². The van der Waals surface area contributed by atoms with E-state index < -0.39 is 0 Å². The fraction of sp³-hybridized carbons (Fsp3) is 0.571. The highest BCUT2D eigenvalue weighted by Gasteiger charge is 2.32. The minimum atomic E-state index is -0.185. The molecule has 3 heteroatoms. The lowest BCUT2D eigenvalue weighted by Gasteiger charge is -2.17. The van der Waals surface area contributed by atoms with Crippen LogP contribution in [-0.4, -0.2) is 31.6 Å². The van der Waals surface area contributed by atoms with Crippen LogP contribution in [0, 0.1) is 17.7 Å². The molecule has 94 valence electrons. The first kappa shape index (κ1) is 12.4. The van der Waals surface area contributed by atoms with Crippen LogP contribution in [0.1, 0.15) is 13.3 Å². The molecule has 1 aliphatic carbocycles. The maximum absolute atomic E-state index is 12.9. The van der Waals surface area contributed by atoms with E-state index in [9.17, 15) is 4.39 Å². The number of nitrogens with zero attached hydrogens (tertiary/aromatic N) is 1. The molecule has 0 spiro atoms. The molecule has 0 radical (unpaired) electrons. The monoisotopic (exact) mass is 236 g/mol. The minimum Gasteiger partial charge on any atom is -0.384 e. The highest BCUT2D eigenvalue weighted by atomic mass is 19.1. The molecule has 17 heavy (non-hydrogen) atoms. The molecule has 1 N–H and O–H groups in total. The number of rotatable bonds is 6. The lowest BCUT2D eigenvalue weighted by atomic mass is 10.3. The second-order valence-corrected chi connectivity index (χ2v) is 5.17. The Balaban J connectivity index is 1.65. The summed E-state index contributed by atoms with van der Waals surface area (Å²) in [5.74, 6) is 1.62. The third kappa shape index (κ3) is 4.00. The van der Waals surface area contributed by atoms with Gasteiger partial charge < -0.3 is 10.2 Å². The summed E-state index contributed by atoms with van der Waals surface area (Å²) in [6.07, 6.45) is 1.38. The second kappa shape index (κ2) is 5.50. The van der Waals surface area contributed by atoms with Gasteiger partial charge in [-0.15, -0.1) is 0 Å². The number of halogens is 1. The van der Waals surface area contributed by atoms with E-state index in [1.165, 1.54) is 25.1 Å². The summed E-state index contributed by atoms with van der Waals surface area (Å²) in [5.41, 5.74) is 0.859. The van der Waals surface area contributed by atoms with Gasteiger partial charge in [0.05, 0.1) is 0 Å². The summed E-state index contributed by atoms with van der Waals surface area (Å²) in [6.45, 7) is 5.36. The van der Waals surface area contributed by atoms with E-state index in [0.29, 0.717) is 0 Å². The molecule has 0 aliphatic heterocycles. The quantitative estimate of drug-likeness (QED) is 0.817. The van der Waals surface area contributed by atoms with Crippen molar-refractivity contribution in [3.63, 3.8) is 0 Å². The number of nitrogens with one attached hydrogen (secondary N) is 1. The number of benzene rings is 1. The van der Waals surface area contributed by atoms with Crippen LogP contribution < -0.4 is 5.32 Å². The maximum atomic E-state index is 12.9. The minimum absolute atomic E-state index is 0.185. The smallest absolute Gasteiger partial charge is 0.125 e. The molecule has 0 bridgehead atoms. The third-order valence-corrected chi connectivity index (χ3v) is 3.47. The molecular weight excluding hydrogens is 215 g/mol. The summed E-state index contributed by atoms with van der Waals surface area (Å²) < 4.78 is 12.9. The molecule has 2 unspecified atom stereocenters. The van der Waals surface area contributed by atoms with Crippen molar-refractivity contribution < 1.29 is 4.39 Å². The molecule has 1 aromatic rings. The number of hydrogen-bond acceptors (Lipinski definition) is 2. The molecule has 2 nitrogen and oxygen atoms in total. The number of hydrogen-bond donors (Lipinski definition) is 1. The fourth-order valence-electron chi connectivity index (χ4n) is 2.13. The van der Waals surface area contributed by atoms with Gasteiger partial charge in [-0.1, -0.05) is 13.0 Å². The predicted octanol–water partition coefficient (Wildman–Crippen LogP) is 2.83. The van der Waals surface area contributed by atoms with Crippen LogP contribution in [0.25, 0.3) is 0 Å². The zero-order valence-electron chi connectivity index (χ0n) is 10.6. The van der Waals surface area contributed by atoms with Gasteiger partial charge in [-0.25, -0.2) is 4.39 Å². The first-order chi connectivity index (χ1) is 8.15. The van der Waals surface area contributed by atoms with Crippen molar-refractivity contribution in [3.8, 4) is 0 Å². The van der Waals surface area contributed by atoms with Gasteiger partial charge in [-0.2, -0.15) is 0 Å². The largest absolute Gasteiger partial charge is 0.384 e. The van der Waals surface area contributed by atoms with E-state index >= 15 is 0 Å². The molecule has 1 aromatic carbocycles. The van der Waals surface area contributed by atoms with Gasteiger partial charge in [0.25, 0.3) is 0 Å². The molecule has 0 amide bonds. The fourth-order valence-corrected chi connectivity index (χ4v) is 2.13. The van der Waals surface area contributed by atoms with Crippen LogP contribution in [0.2, 0.25) is 0 Å². The Morgan fingerprint density at radius 1 is 1.47 bits per heavy atom. The standard InChI is InChI=1S/C14H21FN2/c1-11-8-12(11)10-17(2)7-6-16-14-5-3-4-13(15)9-14/h3-5,9,11-12,16H,6-8,10H2,1-2H3. The number of anilines is 1. The van der Waals surface area contributed by atoms with E-state index in [-0.39, 0.29) is 5.82 Å². The molecule has 0 aromatic heterocycles. The van der Waals surface area contributed by atoms with Gasteiger partial charge in [-0.3, -0.25) is 0 Å². The Hall–Kier alpha value is -1.09. The molecule has 2 atom stereocenters. The Bertz CT molecular complexity index is 367. The molecule has 1 fully saturated rings. The molecule has 0 saturated heterocycles. The van der Waals surface area contributed by atoms with Gasteiger partial charge in [0.15, 0.2) is 0 Å². The van der Waals surface area contributed by atoms with Gasteiger partial charge in [0.1, 0.15) is 5.82 Å². The normalized spacial score (nSPS) is 22.8. The van der Waals surface area contributed by atoms with E-state index in [2.05, 4.69) is 24.2 Å². The molecule has 1 aliphatic rings. The van der Waals surface area contributed by atoms with Crippen molar-refractivity contribution in [2.45, 2.75) is 13.3 Å². The lowest BCUT2D eigenvalue weighted by Crippen LogP contribution is -2.27. The maximum Gasteiger partial charge on any atom is 0.125 e. The first-order valence-corrected chi connectivity index (χ1v) is 6.33. The zero-order chi connectivity index (χ0) is 12.3. The van der Waals surface area contributed by atoms with Crippen LogP contribution in [0.4, 0.5) is 10.1 Å². The van der Waals surface area contributed by atoms with Gasteiger partial charge >= 0.3 is 0 Å². The zero-order valence-corrected chi connectivity index (χ0v) is 10.6. The van der Waals surface area contributed by atoms with Crippen LogP contribution in [0.3, 0.4) is 0 Å². The topological polar surface area (TPSA) is 15.3 Å². The average molecular weight is 236 g/mol. The summed E-state index contributed by atoms with van der Waals surface area (Å²) in [7, 11) is 2.15. The van der Waals surface area contributed by atoms with E-state index in [4.69, 9.17) is 0 Å². The molecule has 2 rings (SSSR count). The Labute approximate surface area is 103 Å². The number of likely N-dealkylation sites (N-methyl/N-ethyl adjacent to an activating group) is 1. The summed E-state index contributed by atoms with van der Waals surface area (Å²) >= 11 is 0. The average Bonchev–Trinajstić information content (AvgIpc) is 2.94. The van der Waals surface area contributed by atoms with Gasteiger partial charge in [-0.05, 0) is 43.5 Å². The van der Waals surface area contributed by atoms with Crippen LogP contribution in [-0.2, 0) is 0 Å². The molecule has 1 saturated carbocycles. The van der Waals surface area contributed by atoms with Crippen molar-refractivity contribution in [3.05, 3.63) is 30.1 Å². The van der Waals surface area contributed by atoms with Gasteiger partial charge in [0, 0.05) is 25.3 Å². The first-order valence-electron chi connectivity index (χ1n) is 6.33. The molecule has 0 heterocycles. The van der Waals surface area contributed by atoms with Crippen molar-refractivity contribution in [1.29, 1.82) is 0 Å². The summed E-state index contributed by atoms with van der Waals surface area (Å²) in [5, 5.41) is 3.24. The summed E-state index contributed by atoms with van der Waals surface area (Å²) in [4.78, 5) is 2.35. The van der Waals surface area contributed by atoms with Crippen molar-refractivity contribution >= 4 is 5.69 Å². The van der Waals surface area contributed by atoms with Crippen molar-refractivity contribution in [1.82, 2.24) is 4.90 Å². The molecular formula is C14H21FN2. The predicted molar refractivity (Wildman–Crippen MR) is 69.7 cm³/mol. The Morgan fingerprint density at radius 3 is 2.88 bits per heavy atom. The van der Waals surface area contributed by atoms with Crippen molar-refractivity contribution in [2.24, 2.45) is 11.8 Å². The van der Waals surface area contributed by atoms with E-state index in [0.717, 1.165) is 30.6 Å². The highest BCUT2D eigenvalue weighted by Crippen LogP contribution is 2.37. The summed E-state index contributed by atoms with van der Waals surface area (Å²) in [6, 6.07) is 6.62. The van der Waals surface area contributed by atoms with Crippen molar-refractivity contribution in [2.75, 3.05) is 32.0 Å². The van der Waals surface area contributed by atoms with E-state index in [1.807, 2.05) is 6.07 Å². The van der Waals surface area contributed by atoms with Crippen LogP contribution >= 0.6 is 0 Å². The Morgan fingerprint density at radius 2 is 2.24 bits per heavy atom. The third-order valence-electron chi connectivity index (χ3n) is 3.47. The van der Waals surface area contributed by atoms with Crippen LogP contribution in [0.5, 0.6) is 0 Å². The second-order valence-electron chi connectivity index (χ2n) is 5.17. The lowest BCUT2D eigenvalue weighted by molar-refractivity contribution is 0.326. The van der Waals surface area contributed by atoms with Crippen LogP contribution in [0.15, 0.2) is 24.3 Å². The highest BCUT2D eigenvalue weighted by molar-refractivity contribution is 5.42. The SMILES string of the molecule is CC1CC1CN(C)CCNc1cccc(F)c1. The Kier molecular flexibility index (Phi) is 4.00. The van der Waals surface area contributed by atoms with Gasteiger partial charge in [0.2, 0.25) is 0 Å².